The molecule has 2 saturated heterocycles. The number of nitrogens with zero attached hydrogens (tertiary/aromatic N) is 3. The molecule has 0 aromatic heterocycles. The second-order valence-electron chi connectivity index (χ2n) is 7.92. The zero-order valence-electron chi connectivity index (χ0n) is 16.9. The van der Waals surface area contributed by atoms with E-state index in [2.05, 4.69) is 17.0 Å². The molecule has 2 aliphatic heterocycles. The minimum atomic E-state index is 0.0481. The first-order valence-electron chi connectivity index (χ1n) is 10.7. The van der Waals surface area contributed by atoms with Gasteiger partial charge in [0.1, 0.15) is 0 Å². The summed E-state index contributed by atoms with van der Waals surface area (Å²) in [5.74, 6) is 0.266. The molecule has 5 heteroatoms. The van der Waals surface area contributed by atoms with Gasteiger partial charge in [-0.2, -0.15) is 0 Å². The fourth-order valence-corrected chi connectivity index (χ4v) is 4.22. The van der Waals surface area contributed by atoms with E-state index in [1.807, 2.05) is 52.3 Å². The number of hydrogen-bond acceptors (Lipinski definition) is 3. The fraction of sp³-hybridized carbons (Fsp3) is 0.417. The molecule has 152 valence electrons. The molecule has 0 atom stereocenters. The maximum Gasteiger partial charge on any atom is 0.253 e. The van der Waals surface area contributed by atoms with Gasteiger partial charge < -0.3 is 14.7 Å². The Morgan fingerprint density at radius 2 is 1.38 bits per heavy atom. The fourth-order valence-electron chi connectivity index (χ4n) is 4.22. The average molecular weight is 392 g/mol. The van der Waals surface area contributed by atoms with Crippen LogP contribution in [-0.2, 0) is 4.79 Å². The van der Waals surface area contributed by atoms with E-state index in [-0.39, 0.29) is 11.8 Å². The van der Waals surface area contributed by atoms with Crippen molar-refractivity contribution in [3.05, 3.63) is 60.2 Å². The van der Waals surface area contributed by atoms with Gasteiger partial charge >= 0.3 is 0 Å². The van der Waals surface area contributed by atoms with Crippen molar-refractivity contribution in [3.8, 4) is 11.1 Å². The molecule has 0 unspecified atom stereocenters. The van der Waals surface area contributed by atoms with Crippen LogP contribution >= 0.6 is 0 Å². The lowest BCUT2D eigenvalue weighted by Gasteiger charge is -2.35. The topological polar surface area (TPSA) is 43.9 Å². The van der Waals surface area contributed by atoms with Crippen molar-refractivity contribution in [1.82, 2.24) is 14.7 Å². The second-order valence-corrected chi connectivity index (χ2v) is 7.92. The predicted octanol–water partition coefficient (Wildman–Crippen LogP) is 3.12. The van der Waals surface area contributed by atoms with E-state index < -0.39 is 0 Å². The van der Waals surface area contributed by atoms with Gasteiger partial charge in [-0.05, 0) is 49.2 Å². The van der Waals surface area contributed by atoms with Gasteiger partial charge in [-0.15, -0.1) is 0 Å². The average Bonchev–Trinajstić information content (AvgIpc) is 3.31. The molecule has 0 aliphatic carbocycles. The number of amides is 2. The molecule has 0 N–H and O–H groups in total. The van der Waals surface area contributed by atoms with Crippen molar-refractivity contribution in [2.45, 2.75) is 19.3 Å². The second kappa shape index (κ2) is 9.23. The number of rotatable bonds is 5. The summed E-state index contributed by atoms with van der Waals surface area (Å²) in [7, 11) is 0. The van der Waals surface area contributed by atoms with Crippen LogP contribution in [0.5, 0.6) is 0 Å². The molecule has 2 aliphatic rings. The van der Waals surface area contributed by atoms with Gasteiger partial charge in [0, 0.05) is 44.7 Å². The van der Waals surface area contributed by atoms with E-state index in [9.17, 15) is 9.59 Å². The maximum atomic E-state index is 13.0. The van der Waals surface area contributed by atoms with E-state index in [4.69, 9.17) is 0 Å². The van der Waals surface area contributed by atoms with Gasteiger partial charge in [-0.3, -0.25) is 9.59 Å². The molecule has 2 aromatic rings. The lowest BCUT2D eigenvalue weighted by Crippen LogP contribution is -2.51. The Balaban J connectivity index is 1.31. The summed E-state index contributed by atoms with van der Waals surface area (Å²) in [6.07, 6.45) is 3.09. The number of carbonyl (C=O) groups excluding carboxylic acids is 2. The summed E-state index contributed by atoms with van der Waals surface area (Å²) in [6.45, 7) is 5.57. The monoisotopic (exact) mass is 391 g/mol. The molecule has 0 spiro atoms. The molecule has 0 radical (unpaired) electrons. The molecular weight excluding hydrogens is 362 g/mol. The van der Waals surface area contributed by atoms with Crippen LogP contribution in [0.4, 0.5) is 0 Å². The zero-order valence-corrected chi connectivity index (χ0v) is 16.9. The summed E-state index contributed by atoms with van der Waals surface area (Å²) in [4.78, 5) is 31.6. The largest absolute Gasteiger partial charge is 0.339 e. The smallest absolute Gasteiger partial charge is 0.253 e. The molecule has 4 rings (SSSR count). The number of hydrogen-bond donors (Lipinski definition) is 0. The lowest BCUT2D eigenvalue weighted by atomic mass is 10.0. The van der Waals surface area contributed by atoms with Crippen molar-refractivity contribution in [3.63, 3.8) is 0 Å². The maximum absolute atomic E-state index is 13.0. The molecule has 2 heterocycles. The van der Waals surface area contributed by atoms with Gasteiger partial charge in [0.15, 0.2) is 0 Å². The molecule has 29 heavy (non-hydrogen) atoms. The third-order valence-corrected chi connectivity index (χ3v) is 5.98. The minimum absolute atomic E-state index is 0.0481. The van der Waals surface area contributed by atoms with Crippen LogP contribution in [0, 0.1) is 0 Å². The van der Waals surface area contributed by atoms with Gasteiger partial charge in [0.25, 0.3) is 5.91 Å². The number of carbonyl (C=O) groups is 2. The van der Waals surface area contributed by atoms with E-state index in [0.29, 0.717) is 38.2 Å². The summed E-state index contributed by atoms with van der Waals surface area (Å²) in [5.41, 5.74) is 2.86. The molecule has 2 aromatic carbocycles. The predicted molar refractivity (Wildman–Crippen MR) is 115 cm³/mol. The summed E-state index contributed by atoms with van der Waals surface area (Å²) in [6, 6.07) is 17.9. The molecule has 0 bridgehead atoms. The van der Waals surface area contributed by atoms with Gasteiger partial charge in [-0.1, -0.05) is 42.5 Å². The number of piperazine rings is 1. The highest BCUT2D eigenvalue weighted by atomic mass is 16.2. The molecule has 0 saturated carbocycles. The van der Waals surface area contributed by atoms with Crippen LogP contribution in [0.3, 0.4) is 0 Å². The highest BCUT2D eigenvalue weighted by molar-refractivity contribution is 5.95. The van der Waals surface area contributed by atoms with Crippen LogP contribution in [0.2, 0.25) is 0 Å². The van der Waals surface area contributed by atoms with Crippen molar-refractivity contribution in [1.29, 1.82) is 0 Å². The molecular formula is C24H29N3O2. The highest BCUT2D eigenvalue weighted by Gasteiger charge is 2.25. The van der Waals surface area contributed by atoms with E-state index in [1.54, 1.807) is 0 Å². The summed E-state index contributed by atoms with van der Waals surface area (Å²) < 4.78 is 0. The van der Waals surface area contributed by atoms with E-state index >= 15 is 0 Å². The van der Waals surface area contributed by atoms with Gasteiger partial charge in [0.05, 0.1) is 0 Å². The van der Waals surface area contributed by atoms with Crippen LogP contribution in [0.1, 0.15) is 29.6 Å². The molecule has 2 amide bonds. The lowest BCUT2D eigenvalue weighted by molar-refractivity contribution is -0.133. The normalized spacial score (nSPS) is 17.5. The Labute approximate surface area is 172 Å². The number of likely N-dealkylation sites (tertiary alicyclic amines) is 1. The van der Waals surface area contributed by atoms with Gasteiger partial charge in [0.2, 0.25) is 5.91 Å². The Bertz CT molecular complexity index is 838. The first kappa shape index (κ1) is 19.6. The van der Waals surface area contributed by atoms with Crippen molar-refractivity contribution in [2.24, 2.45) is 0 Å². The van der Waals surface area contributed by atoms with Crippen LogP contribution in [0.15, 0.2) is 54.6 Å². The molecule has 5 nitrogen and oxygen atoms in total. The highest BCUT2D eigenvalue weighted by Crippen LogP contribution is 2.21. The number of benzene rings is 2. The Morgan fingerprint density at radius 1 is 0.724 bits per heavy atom. The first-order valence-corrected chi connectivity index (χ1v) is 10.7. The standard InChI is InChI=1S/C24H29N3O2/c28-23(11-14-25-12-4-5-13-25)26-15-17-27(18-16-26)24(29)22-10-6-9-21(19-22)20-7-2-1-3-8-20/h1-3,6-10,19H,4-5,11-18H2. The van der Waals surface area contributed by atoms with Crippen LogP contribution in [-0.4, -0.2) is 72.3 Å². The van der Waals surface area contributed by atoms with Crippen LogP contribution in [0.25, 0.3) is 11.1 Å². The van der Waals surface area contributed by atoms with Crippen molar-refractivity contribution < 1.29 is 9.59 Å². The van der Waals surface area contributed by atoms with E-state index in [0.717, 1.165) is 30.8 Å². The minimum Gasteiger partial charge on any atom is -0.339 e. The quantitative estimate of drug-likeness (QED) is 0.787. The zero-order chi connectivity index (χ0) is 20.1. The van der Waals surface area contributed by atoms with Crippen LogP contribution < -0.4 is 0 Å². The first-order chi connectivity index (χ1) is 14.2. The molecule has 2 fully saturated rings. The third-order valence-electron chi connectivity index (χ3n) is 5.98. The SMILES string of the molecule is O=C(CCN1CCCC1)N1CCN(C(=O)c2cccc(-c3ccccc3)c2)CC1. The van der Waals surface area contributed by atoms with Gasteiger partial charge in [-0.25, -0.2) is 0 Å². The Hall–Kier alpha value is -2.66. The summed E-state index contributed by atoms with van der Waals surface area (Å²) >= 11 is 0. The van der Waals surface area contributed by atoms with E-state index in [1.165, 1.54) is 12.8 Å². The third kappa shape index (κ3) is 4.85. The summed E-state index contributed by atoms with van der Waals surface area (Å²) in [5, 5.41) is 0. The van der Waals surface area contributed by atoms with Crippen molar-refractivity contribution >= 4 is 11.8 Å². The van der Waals surface area contributed by atoms with Crippen molar-refractivity contribution in [2.75, 3.05) is 45.8 Å². The Kier molecular flexibility index (Phi) is 6.25. The Morgan fingerprint density at radius 3 is 2.10 bits per heavy atom.